The SMILES string of the molecule is C[C@@H](N)C(=O)N[C@@H](CCC#N)C(=O)O. The van der Waals surface area contributed by atoms with Crippen molar-refractivity contribution >= 4 is 11.9 Å². The molecule has 78 valence electrons. The quantitative estimate of drug-likeness (QED) is 0.536. The minimum Gasteiger partial charge on any atom is -0.480 e. The molecule has 0 radical (unpaired) electrons. The molecular formula is C8H13N3O3. The van der Waals surface area contributed by atoms with E-state index < -0.39 is 24.0 Å². The van der Waals surface area contributed by atoms with Gasteiger partial charge in [0.05, 0.1) is 12.1 Å². The molecule has 0 heterocycles. The van der Waals surface area contributed by atoms with Gasteiger partial charge in [0.1, 0.15) is 6.04 Å². The Morgan fingerprint density at radius 3 is 2.57 bits per heavy atom. The monoisotopic (exact) mass is 199 g/mol. The topological polar surface area (TPSA) is 116 Å². The van der Waals surface area contributed by atoms with E-state index in [0.717, 1.165) is 0 Å². The summed E-state index contributed by atoms with van der Waals surface area (Å²) in [5.74, 6) is -1.69. The van der Waals surface area contributed by atoms with Crippen LogP contribution in [0, 0.1) is 11.3 Å². The van der Waals surface area contributed by atoms with Gasteiger partial charge in [-0.05, 0) is 13.3 Å². The van der Waals surface area contributed by atoms with Gasteiger partial charge in [-0.25, -0.2) is 4.79 Å². The highest BCUT2D eigenvalue weighted by Gasteiger charge is 2.20. The first-order chi connectivity index (χ1) is 6.49. The van der Waals surface area contributed by atoms with Crippen molar-refractivity contribution in [3.63, 3.8) is 0 Å². The molecule has 1 amide bonds. The molecule has 0 bridgehead atoms. The number of hydrogen-bond donors (Lipinski definition) is 3. The van der Waals surface area contributed by atoms with Crippen LogP contribution in [-0.2, 0) is 9.59 Å². The summed E-state index contributed by atoms with van der Waals surface area (Å²) in [4.78, 5) is 21.6. The van der Waals surface area contributed by atoms with E-state index in [0.29, 0.717) is 0 Å². The summed E-state index contributed by atoms with van der Waals surface area (Å²) in [5.41, 5.74) is 5.24. The van der Waals surface area contributed by atoms with Crippen molar-refractivity contribution in [1.82, 2.24) is 5.32 Å². The third-order valence-electron chi connectivity index (χ3n) is 1.57. The van der Waals surface area contributed by atoms with E-state index in [1.54, 1.807) is 0 Å². The molecule has 6 nitrogen and oxygen atoms in total. The highest BCUT2D eigenvalue weighted by atomic mass is 16.4. The molecule has 6 heteroatoms. The first-order valence-electron chi connectivity index (χ1n) is 4.14. The van der Waals surface area contributed by atoms with Crippen molar-refractivity contribution in [2.45, 2.75) is 31.8 Å². The molecule has 4 N–H and O–H groups in total. The maximum absolute atomic E-state index is 11.0. The summed E-state index contributed by atoms with van der Waals surface area (Å²) in [5, 5.41) is 19.2. The van der Waals surface area contributed by atoms with Crippen LogP contribution in [0.4, 0.5) is 0 Å². The second kappa shape index (κ2) is 5.94. The standard InChI is InChI=1S/C8H13N3O3/c1-5(10)7(12)11-6(8(13)14)3-2-4-9/h5-6H,2-3,10H2,1H3,(H,11,12)(H,13,14)/t5-,6+/m1/s1. The van der Waals surface area contributed by atoms with Crippen LogP contribution in [0.15, 0.2) is 0 Å². The normalized spacial score (nSPS) is 13.8. The first-order valence-corrected chi connectivity index (χ1v) is 4.14. The Labute approximate surface area is 81.7 Å². The fourth-order valence-corrected chi connectivity index (χ4v) is 0.769. The van der Waals surface area contributed by atoms with Crippen molar-refractivity contribution in [3.8, 4) is 6.07 Å². The van der Waals surface area contributed by atoms with E-state index >= 15 is 0 Å². The lowest BCUT2D eigenvalue weighted by atomic mass is 10.1. The minimum absolute atomic E-state index is 0.0796. The Balaban J connectivity index is 4.17. The number of nitrogens with one attached hydrogen (secondary N) is 1. The fourth-order valence-electron chi connectivity index (χ4n) is 0.769. The molecule has 0 aromatic heterocycles. The molecule has 14 heavy (non-hydrogen) atoms. The number of amides is 1. The van der Waals surface area contributed by atoms with Crippen LogP contribution in [0.3, 0.4) is 0 Å². The number of rotatable bonds is 5. The van der Waals surface area contributed by atoms with Gasteiger partial charge in [-0.1, -0.05) is 0 Å². The average molecular weight is 199 g/mol. The molecule has 0 saturated heterocycles. The third kappa shape index (κ3) is 4.42. The van der Waals surface area contributed by atoms with Crippen LogP contribution >= 0.6 is 0 Å². The van der Waals surface area contributed by atoms with E-state index in [9.17, 15) is 9.59 Å². The smallest absolute Gasteiger partial charge is 0.326 e. The third-order valence-corrected chi connectivity index (χ3v) is 1.57. The predicted molar refractivity (Wildman–Crippen MR) is 48.1 cm³/mol. The summed E-state index contributed by atoms with van der Waals surface area (Å²) >= 11 is 0. The van der Waals surface area contributed by atoms with Gasteiger partial charge < -0.3 is 16.2 Å². The Bertz CT molecular complexity index is 257. The Morgan fingerprint density at radius 2 is 2.21 bits per heavy atom. The summed E-state index contributed by atoms with van der Waals surface area (Å²) < 4.78 is 0. The van der Waals surface area contributed by atoms with Gasteiger partial charge in [0.25, 0.3) is 0 Å². The average Bonchev–Trinajstić information content (AvgIpc) is 2.10. The molecule has 0 aromatic rings. The van der Waals surface area contributed by atoms with Crippen molar-refractivity contribution in [2.24, 2.45) is 5.73 Å². The van der Waals surface area contributed by atoms with Gasteiger partial charge in [0, 0.05) is 6.42 Å². The number of aliphatic carboxylic acids is 1. The van der Waals surface area contributed by atoms with Gasteiger partial charge in [-0.3, -0.25) is 4.79 Å². The highest BCUT2D eigenvalue weighted by molar-refractivity contribution is 5.86. The number of carbonyl (C=O) groups is 2. The molecule has 0 rings (SSSR count). The summed E-state index contributed by atoms with van der Waals surface area (Å²) in [6.07, 6.45) is 0.167. The minimum atomic E-state index is -1.16. The molecule has 0 spiro atoms. The van der Waals surface area contributed by atoms with Crippen molar-refractivity contribution < 1.29 is 14.7 Å². The van der Waals surface area contributed by atoms with Gasteiger partial charge in [-0.2, -0.15) is 5.26 Å². The number of carboxylic acids is 1. The second-order valence-corrected chi connectivity index (χ2v) is 2.88. The van der Waals surface area contributed by atoms with Crippen LogP contribution in [0.25, 0.3) is 0 Å². The van der Waals surface area contributed by atoms with Gasteiger partial charge in [-0.15, -0.1) is 0 Å². The van der Waals surface area contributed by atoms with Crippen molar-refractivity contribution in [2.75, 3.05) is 0 Å². The van der Waals surface area contributed by atoms with Crippen LogP contribution < -0.4 is 11.1 Å². The molecule has 2 atom stereocenters. The predicted octanol–water partition coefficient (Wildman–Crippen LogP) is -0.793. The molecule has 0 aromatic carbocycles. The Hall–Kier alpha value is -1.61. The maximum Gasteiger partial charge on any atom is 0.326 e. The lowest BCUT2D eigenvalue weighted by Crippen LogP contribution is -2.47. The van der Waals surface area contributed by atoms with Crippen molar-refractivity contribution in [3.05, 3.63) is 0 Å². The van der Waals surface area contributed by atoms with E-state index in [4.69, 9.17) is 16.1 Å². The zero-order chi connectivity index (χ0) is 11.1. The van der Waals surface area contributed by atoms with E-state index in [2.05, 4.69) is 5.32 Å². The number of nitriles is 1. The van der Waals surface area contributed by atoms with Gasteiger partial charge >= 0.3 is 5.97 Å². The molecule has 0 aliphatic rings. The zero-order valence-electron chi connectivity index (χ0n) is 7.86. The molecule has 0 fully saturated rings. The largest absolute Gasteiger partial charge is 0.480 e. The van der Waals surface area contributed by atoms with Crippen LogP contribution in [-0.4, -0.2) is 29.1 Å². The molecule has 0 aliphatic carbocycles. The van der Waals surface area contributed by atoms with Crippen LogP contribution in [0.1, 0.15) is 19.8 Å². The van der Waals surface area contributed by atoms with E-state index in [1.165, 1.54) is 6.92 Å². The Morgan fingerprint density at radius 1 is 1.64 bits per heavy atom. The van der Waals surface area contributed by atoms with Crippen LogP contribution in [0.5, 0.6) is 0 Å². The molecular weight excluding hydrogens is 186 g/mol. The summed E-state index contributed by atoms with van der Waals surface area (Å²) in [6.45, 7) is 1.46. The number of carbonyl (C=O) groups excluding carboxylic acids is 1. The summed E-state index contributed by atoms with van der Waals surface area (Å²) in [7, 11) is 0. The lowest BCUT2D eigenvalue weighted by molar-refractivity contribution is -0.142. The van der Waals surface area contributed by atoms with Crippen molar-refractivity contribution in [1.29, 1.82) is 5.26 Å². The number of carboxylic acid groups (broad SMARTS) is 1. The fraction of sp³-hybridized carbons (Fsp3) is 0.625. The van der Waals surface area contributed by atoms with E-state index in [1.807, 2.05) is 6.07 Å². The lowest BCUT2D eigenvalue weighted by Gasteiger charge is -2.14. The number of nitrogens with zero attached hydrogens (tertiary/aromatic N) is 1. The maximum atomic E-state index is 11.0. The first kappa shape index (κ1) is 12.4. The van der Waals surface area contributed by atoms with Gasteiger partial charge in [0.15, 0.2) is 0 Å². The molecule has 0 aliphatic heterocycles. The van der Waals surface area contributed by atoms with E-state index in [-0.39, 0.29) is 12.8 Å². The van der Waals surface area contributed by atoms with Crippen LogP contribution in [0.2, 0.25) is 0 Å². The molecule has 0 saturated carbocycles. The summed E-state index contributed by atoms with van der Waals surface area (Å²) in [6, 6.07) is 0.0245. The highest BCUT2D eigenvalue weighted by Crippen LogP contribution is 1.97. The molecule has 0 unspecified atom stereocenters. The number of nitrogens with two attached hydrogens (primary N) is 1. The Kier molecular flexibility index (Phi) is 5.26. The number of hydrogen-bond acceptors (Lipinski definition) is 4. The zero-order valence-corrected chi connectivity index (χ0v) is 7.86. The second-order valence-electron chi connectivity index (χ2n) is 2.88. The van der Waals surface area contributed by atoms with Gasteiger partial charge in [0.2, 0.25) is 5.91 Å².